The standard InChI is InChI=1S/C22H25O2/c1-5-9-18-13-16-20(21(10-6-2)22(18)24-8-4)17-11-14-19(15-12-17)23-7-3/h5-6,11-15H,1-2,7-10H2,3-4H3. The van der Waals surface area contributed by atoms with Gasteiger partial charge in [-0.05, 0) is 67.6 Å². The Balaban J connectivity index is 2.53. The second-order valence-electron chi connectivity index (χ2n) is 5.37. The number of allylic oxidation sites excluding steroid dienone is 2. The zero-order chi connectivity index (χ0) is 17.4. The zero-order valence-electron chi connectivity index (χ0n) is 14.6. The van der Waals surface area contributed by atoms with E-state index in [0.29, 0.717) is 13.2 Å². The fourth-order valence-electron chi connectivity index (χ4n) is 2.73. The fourth-order valence-corrected chi connectivity index (χ4v) is 2.73. The number of benzene rings is 2. The summed E-state index contributed by atoms with van der Waals surface area (Å²) in [7, 11) is 0. The van der Waals surface area contributed by atoms with Crippen LogP contribution in [-0.4, -0.2) is 13.2 Å². The molecule has 2 nitrogen and oxygen atoms in total. The van der Waals surface area contributed by atoms with Gasteiger partial charge in [0.25, 0.3) is 0 Å². The third-order valence-corrected chi connectivity index (χ3v) is 3.71. The van der Waals surface area contributed by atoms with E-state index in [1.165, 1.54) is 0 Å². The van der Waals surface area contributed by atoms with Crippen molar-refractivity contribution in [2.45, 2.75) is 26.7 Å². The maximum Gasteiger partial charge on any atom is 0.126 e. The van der Waals surface area contributed by atoms with Gasteiger partial charge in [0.05, 0.1) is 13.2 Å². The van der Waals surface area contributed by atoms with Gasteiger partial charge in [-0.1, -0.05) is 24.3 Å². The largest absolute Gasteiger partial charge is 0.494 e. The van der Waals surface area contributed by atoms with Crippen LogP contribution in [0.15, 0.2) is 55.6 Å². The molecule has 2 rings (SSSR count). The number of hydrogen-bond acceptors (Lipinski definition) is 2. The predicted octanol–water partition coefficient (Wildman–Crippen LogP) is 5.41. The van der Waals surface area contributed by atoms with Gasteiger partial charge in [-0.2, -0.15) is 0 Å². The summed E-state index contributed by atoms with van der Waals surface area (Å²) in [5, 5.41) is 0. The van der Waals surface area contributed by atoms with Crippen molar-refractivity contribution in [1.82, 2.24) is 0 Å². The van der Waals surface area contributed by atoms with E-state index in [1.807, 2.05) is 44.2 Å². The van der Waals surface area contributed by atoms with Gasteiger partial charge in [-0.3, -0.25) is 0 Å². The van der Waals surface area contributed by atoms with Crippen molar-refractivity contribution >= 4 is 0 Å². The summed E-state index contributed by atoms with van der Waals surface area (Å²) in [6, 6.07) is 13.5. The molecule has 0 aliphatic carbocycles. The van der Waals surface area contributed by atoms with E-state index in [9.17, 15) is 0 Å². The van der Waals surface area contributed by atoms with Crippen LogP contribution in [0.5, 0.6) is 11.5 Å². The fraction of sp³-hybridized carbons (Fsp3) is 0.273. The highest BCUT2D eigenvalue weighted by Gasteiger charge is 2.15. The van der Waals surface area contributed by atoms with E-state index in [0.717, 1.165) is 46.6 Å². The Bertz CT molecular complexity index is 684. The maximum atomic E-state index is 5.96. The molecule has 0 amide bonds. The Hall–Kier alpha value is -2.48. The summed E-state index contributed by atoms with van der Waals surface area (Å²) in [5.74, 6) is 1.81. The molecule has 2 heteroatoms. The van der Waals surface area contributed by atoms with Crippen LogP contribution >= 0.6 is 0 Å². The molecular weight excluding hydrogens is 296 g/mol. The molecule has 0 aliphatic rings. The molecule has 0 atom stereocenters. The van der Waals surface area contributed by atoms with Crippen molar-refractivity contribution in [1.29, 1.82) is 0 Å². The average Bonchev–Trinajstić information content (AvgIpc) is 2.59. The minimum atomic E-state index is 0.626. The lowest BCUT2D eigenvalue weighted by atomic mass is 9.93. The highest BCUT2D eigenvalue weighted by atomic mass is 16.5. The first-order chi connectivity index (χ1) is 11.7. The SMILES string of the molecule is C=CCc1c[c]c(-c2ccc(OCC)cc2)c(CC=C)c1OCC. The molecule has 2 aromatic carbocycles. The van der Waals surface area contributed by atoms with Crippen molar-refractivity contribution in [3.8, 4) is 22.6 Å². The van der Waals surface area contributed by atoms with Gasteiger partial charge in [-0.15, -0.1) is 13.2 Å². The van der Waals surface area contributed by atoms with E-state index < -0.39 is 0 Å². The molecule has 0 saturated heterocycles. The molecule has 24 heavy (non-hydrogen) atoms. The van der Waals surface area contributed by atoms with E-state index >= 15 is 0 Å². The molecule has 0 spiro atoms. The van der Waals surface area contributed by atoms with Crippen LogP contribution in [0.2, 0.25) is 0 Å². The normalized spacial score (nSPS) is 10.2. The predicted molar refractivity (Wildman–Crippen MR) is 101 cm³/mol. The Morgan fingerprint density at radius 2 is 1.62 bits per heavy atom. The second kappa shape index (κ2) is 8.97. The highest BCUT2D eigenvalue weighted by molar-refractivity contribution is 5.71. The van der Waals surface area contributed by atoms with Crippen LogP contribution in [0, 0.1) is 6.07 Å². The van der Waals surface area contributed by atoms with Gasteiger partial charge in [-0.25, -0.2) is 0 Å². The molecule has 125 valence electrons. The smallest absolute Gasteiger partial charge is 0.126 e. The minimum absolute atomic E-state index is 0.626. The summed E-state index contributed by atoms with van der Waals surface area (Å²) >= 11 is 0. The van der Waals surface area contributed by atoms with Gasteiger partial charge in [0.2, 0.25) is 0 Å². The van der Waals surface area contributed by atoms with Gasteiger partial charge in [0.1, 0.15) is 11.5 Å². The zero-order valence-corrected chi connectivity index (χ0v) is 14.6. The molecule has 0 heterocycles. The van der Waals surface area contributed by atoms with Crippen molar-refractivity contribution in [3.63, 3.8) is 0 Å². The monoisotopic (exact) mass is 321 g/mol. The first-order valence-corrected chi connectivity index (χ1v) is 8.39. The Kier molecular flexibility index (Phi) is 6.68. The van der Waals surface area contributed by atoms with Crippen molar-refractivity contribution < 1.29 is 9.47 Å². The topological polar surface area (TPSA) is 18.5 Å². The third kappa shape index (κ3) is 4.08. The molecule has 0 aromatic heterocycles. The van der Waals surface area contributed by atoms with E-state index in [4.69, 9.17) is 9.47 Å². The Morgan fingerprint density at radius 1 is 0.958 bits per heavy atom. The number of ether oxygens (including phenoxy) is 2. The number of hydrogen-bond donors (Lipinski definition) is 0. The lowest BCUT2D eigenvalue weighted by molar-refractivity contribution is 0.334. The molecule has 1 radical (unpaired) electrons. The Labute approximate surface area is 145 Å². The van der Waals surface area contributed by atoms with E-state index in [1.54, 1.807) is 0 Å². The summed E-state index contributed by atoms with van der Waals surface area (Å²) in [4.78, 5) is 0. The quantitative estimate of drug-likeness (QED) is 0.575. The van der Waals surface area contributed by atoms with Gasteiger partial charge in [0, 0.05) is 5.56 Å². The Morgan fingerprint density at radius 3 is 2.21 bits per heavy atom. The van der Waals surface area contributed by atoms with Crippen molar-refractivity contribution in [2.24, 2.45) is 0 Å². The van der Waals surface area contributed by atoms with Crippen LogP contribution in [-0.2, 0) is 12.8 Å². The number of rotatable bonds is 9. The van der Waals surface area contributed by atoms with E-state index in [2.05, 4.69) is 31.4 Å². The minimum Gasteiger partial charge on any atom is -0.494 e. The molecule has 2 aromatic rings. The first-order valence-electron chi connectivity index (χ1n) is 8.39. The van der Waals surface area contributed by atoms with Gasteiger partial charge in [0.15, 0.2) is 0 Å². The lowest BCUT2D eigenvalue weighted by Gasteiger charge is -2.18. The van der Waals surface area contributed by atoms with Crippen molar-refractivity contribution in [2.75, 3.05) is 13.2 Å². The summed E-state index contributed by atoms with van der Waals surface area (Å²) in [6.07, 6.45) is 5.29. The molecule has 0 N–H and O–H groups in total. The summed E-state index contributed by atoms with van der Waals surface area (Å²) in [6.45, 7) is 13.0. The van der Waals surface area contributed by atoms with Crippen LogP contribution in [0.1, 0.15) is 25.0 Å². The van der Waals surface area contributed by atoms with Crippen LogP contribution in [0.3, 0.4) is 0 Å². The second-order valence-corrected chi connectivity index (χ2v) is 5.37. The average molecular weight is 321 g/mol. The van der Waals surface area contributed by atoms with Gasteiger partial charge >= 0.3 is 0 Å². The molecule has 0 aliphatic heterocycles. The van der Waals surface area contributed by atoms with Gasteiger partial charge < -0.3 is 9.47 Å². The molecular formula is C22H25O2. The summed E-state index contributed by atoms with van der Waals surface area (Å²) in [5.41, 5.74) is 4.38. The van der Waals surface area contributed by atoms with E-state index in [-0.39, 0.29) is 0 Å². The maximum absolute atomic E-state index is 5.96. The lowest BCUT2D eigenvalue weighted by Crippen LogP contribution is -2.03. The third-order valence-electron chi connectivity index (χ3n) is 3.71. The highest BCUT2D eigenvalue weighted by Crippen LogP contribution is 2.35. The molecule has 0 saturated carbocycles. The van der Waals surface area contributed by atoms with Crippen LogP contribution in [0.25, 0.3) is 11.1 Å². The first kappa shape index (κ1) is 17.9. The molecule has 0 fully saturated rings. The van der Waals surface area contributed by atoms with Crippen LogP contribution < -0.4 is 9.47 Å². The molecule has 0 bridgehead atoms. The van der Waals surface area contributed by atoms with Crippen LogP contribution in [0.4, 0.5) is 0 Å². The molecule has 0 unspecified atom stereocenters. The van der Waals surface area contributed by atoms with Crippen molar-refractivity contribution in [3.05, 3.63) is 72.8 Å². The summed E-state index contributed by atoms with van der Waals surface area (Å²) < 4.78 is 11.5.